The average molecular weight is 399 g/mol. The number of nitrogens with one attached hydrogen (secondary N) is 1. The van der Waals surface area contributed by atoms with Crippen molar-refractivity contribution in [1.29, 1.82) is 0 Å². The molecule has 1 aliphatic rings. The third-order valence-corrected chi connectivity index (χ3v) is 5.36. The Balaban J connectivity index is 1.29. The second kappa shape index (κ2) is 7.59. The molecule has 0 saturated carbocycles. The first-order chi connectivity index (χ1) is 14.7. The molecule has 3 aromatic heterocycles. The summed E-state index contributed by atoms with van der Waals surface area (Å²) in [6.45, 7) is 3.48. The summed E-state index contributed by atoms with van der Waals surface area (Å²) < 4.78 is 5.52. The fraction of sp³-hybridized carbons (Fsp3) is 0.217. The Morgan fingerprint density at radius 3 is 2.77 bits per heavy atom. The van der Waals surface area contributed by atoms with Gasteiger partial charge in [-0.15, -0.1) is 0 Å². The molecule has 150 valence electrons. The van der Waals surface area contributed by atoms with Gasteiger partial charge >= 0.3 is 0 Å². The maximum atomic E-state index is 12.7. The fourth-order valence-electron chi connectivity index (χ4n) is 3.87. The number of furan rings is 1. The average Bonchev–Trinajstić information content (AvgIpc) is 3.43. The van der Waals surface area contributed by atoms with Crippen LogP contribution in [0.25, 0.3) is 22.2 Å². The number of rotatable bonds is 4. The van der Waals surface area contributed by atoms with Crippen LogP contribution in [0.15, 0.2) is 65.5 Å². The van der Waals surface area contributed by atoms with Crippen molar-refractivity contribution in [2.45, 2.75) is 19.4 Å². The highest BCUT2D eigenvalue weighted by Gasteiger charge is 2.25. The lowest BCUT2D eigenvalue weighted by atomic mass is 10.0. The number of amides is 1. The summed E-state index contributed by atoms with van der Waals surface area (Å²) in [6.07, 6.45) is 6.00. The monoisotopic (exact) mass is 399 g/mol. The molecule has 1 aliphatic heterocycles. The minimum atomic E-state index is -0.0759. The highest BCUT2D eigenvalue weighted by Crippen LogP contribution is 2.28. The molecule has 4 aromatic rings. The number of fused-ring (bicyclic) bond motifs is 1. The molecule has 0 aliphatic carbocycles. The molecule has 0 bridgehead atoms. The van der Waals surface area contributed by atoms with Gasteiger partial charge < -0.3 is 14.6 Å². The van der Waals surface area contributed by atoms with Gasteiger partial charge in [-0.25, -0.2) is 9.97 Å². The number of carbonyl (C=O) groups is 1. The largest absolute Gasteiger partial charge is 0.464 e. The molecule has 0 radical (unpaired) electrons. The highest BCUT2D eigenvalue weighted by molar-refractivity contribution is 5.96. The molecule has 1 atom stereocenters. The van der Waals surface area contributed by atoms with Gasteiger partial charge in [-0.05, 0) is 37.6 Å². The predicted molar refractivity (Wildman–Crippen MR) is 114 cm³/mol. The lowest BCUT2D eigenvalue weighted by Gasteiger charge is -2.16. The Labute approximate surface area is 173 Å². The molecule has 4 heterocycles. The zero-order valence-corrected chi connectivity index (χ0v) is 16.6. The van der Waals surface area contributed by atoms with E-state index in [1.165, 1.54) is 0 Å². The number of aromatic nitrogens is 3. The topological polar surface area (TPSA) is 84.2 Å². The predicted octanol–water partition coefficient (Wildman–Crippen LogP) is 3.60. The van der Waals surface area contributed by atoms with Crippen molar-refractivity contribution in [3.8, 4) is 11.3 Å². The Morgan fingerprint density at radius 2 is 1.97 bits per heavy atom. The molecule has 1 fully saturated rings. The van der Waals surface area contributed by atoms with Crippen LogP contribution in [0.3, 0.4) is 0 Å². The Bertz CT molecular complexity index is 1190. The van der Waals surface area contributed by atoms with Crippen molar-refractivity contribution in [2.24, 2.45) is 0 Å². The number of nitrogens with zero attached hydrogens (tertiary/aromatic N) is 4. The van der Waals surface area contributed by atoms with Gasteiger partial charge in [-0.1, -0.05) is 12.1 Å². The van der Waals surface area contributed by atoms with Crippen molar-refractivity contribution in [3.63, 3.8) is 0 Å². The Morgan fingerprint density at radius 1 is 1.17 bits per heavy atom. The van der Waals surface area contributed by atoms with Crippen molar-refractivity contribution in [3.05, 3.63) is 72.4 Å². The Hall–Kier alpha value is -3.74. The van der Waals surface area contributed by atoms with Gasteiger partial charge in [-0.2, -0.15) is 0 Å². The molecule has 1 aromatic carbocycles. The minimum Gasteiger partial charge on any atom is -0.464 e. The van der Waals surface area contributed by atoms with Crippen LogP contribution in [0, 0.1) is 6.92 Å². The second-order valence-corrected chi connectivity index (χ2v) is 7.48. The SMILES string of the molecule is Cc1cc2occc2c(-c2ccc(C(=O)NC3CCN(c4ncccn4)C3)cc2)n1. The molecular formula is C23H21N5O2. The molecule has 1 N–H and O–H groups in total. The number of hydrogen-bond donors (Lipinski definition) is 1. The fourth-order valence-corrected chi connectivity index (χ4v) is 3.87. The van der Waals surface area contributed by atoms with Crippen molar-refractivity contribution in [1.82, 2.24) is 20.3 Å². The van der Waals surface area contributed by atoms with Gasteiger partial charge in [0, 0.05) is 59.8 Å². The molecule has 0 spiro atoms. The van der Waals surface area contributed by atoms with E-state index in [-0.39, 0.29) is 11.9 Å². The zero-order chi connectivity index (χ0) is 20.5. The number of anilines is 1. The van der Waals surface area contributed by atoms with Crippen LogP contribution in [-0.2, 0) is 0 Å². The minimum absolute atomic E-state index is 0.0741. The third-order valence-electron chi connectivity index (χ3n) is 5.36. The van der Waals surface area contributed by atoms with Crippen LogP contribution >= 0.6 is 0 Å². The first-order valence-electron chi connectivity index (χ1n) is 9.95. The van der Waals surface area contributed by atoms with Crippen LogP contribution < -0.4 is 10.2 Å². The number of benzene rings is 1. The van der Waals surface area contributed by atoms with E-state index >= 15 is 0 Å². The standard InChI is InChI=1S/C23H21N5O2/c1-15-13-20-19(8-12-30-20)21(26-15)16-3-5-17(6-4-16)22(29)27-18-7-11-28(14-18)23-24-9-2-10-25-23/h2-6,8-10,12-13,18H,7,11,14H2,1H3,(H,27,29). The van der Waals surface area contributed by atoms with E-state index in [9.17, 15) is 4.79 Å². The van der Waals surface area contributed by atoms with Gasteiger partial charge in [0.15, 0.2) is 0 Å². The maximum absolute atomic E-state index is 12.7. The van der Waals surface area contributed by atoms with E-state index in [4.69, 9.17) is 4.42 Å². The van der Waals surface area contributed by atoms with Gasteiger partial charge in [0.2, 0.25) is 5.95 Å². The van der Waals surface area contributed by atoms with E-state index in [1.54, 1.807) is 24.7 Å². The van der Waals surface area contributed by atoms with E-state index in [0.717, 1.165) is 40.9 Å². The number of pyridine rings is 1. The maximum Gasteiger partial charge on any atom is 0.251 e. The molecule has 7 heteroatoms. The molecule has 1 unspecified atom stereocenters. The van der Waals surface area contributed by atoms with Crippen LogP contribution in [0.5, 0.6) is 0 Å². The van der Waals surface area contributed by atoms with Crippen LogP contribution in [0.4, 0.5) is 5.95 Å². The lowest BCUT2D eigenvalue weighted by molar-refractivity contribution is 0.0940. The number of carbonyl (C=O) groups excluding carboxylic acids is 1. The van der Waals surface area contributed by atoms with Gasteiger partial charge in [0.25, 0.3) is 5.91 Å². The lowest BCUT2D eigenvalue weighted by Crippen LogP contribution is -2.37. The summed E-state index contributed by atoms with van der Waals surface area (Å²) in [7, 11) is 0. The van der Waals surface area contributed by atoms with Crippen molar-refractivity contribution >= 4 is 22.8 Å². The van der Waals surface area contributed by atoms with E-state index in [2.05, 4.69) is 25.2 Å². The normalized spacial score (nSPS) is 16.2. The third kappa shape index (κ3) is 3.50. The quantitative estimate of drug-likeness (QED) is 0.564. The summed E-state index contributed by atoms with van der Waals surface area (Å²) in [6, 6.07) is 13.3. The first kappa shape index (κ1) is 18.3. The number of aryl methyl sites for hydroxylation is 1. The summed E-state index contributed by atoms with van der Waals surface area (Å²) in [5.74, 6) is 0.628. The second-order valence-electron chi connectivity index (χ2n) is 7.48. The zero-order valence-electron chi connectivity index (χ0n) is 16.6. The smallest absolute Gasteiger partial charge is 0.251 e. The first-order valence-corrected chi connectivity index (χ1v) is 9.95. The van der Waals surface area contributed by atoms with Gasteiger partial charge in [0.1, 0.15) is 5.58 Å². The van der Waals surface area contributed by atoms with E-state index in [0.29, 0.717) is 18.1 Å². The Kier molecular flexibility index (Phi) is 4.63. The molecule has 1 amide bonds. The van der Waals surface area contributed by atoms with E-state index < -0.39 is 0 Å². The summed E-state index contributed by atoms with van der Waals surface area (Å²) in [5.41, 5.74) is 4.15. The molecule has 5 rings (SSSR count). The van der Waals surface area contributed by atoms with Crippen LogP contribution in [0.1, 0.15) is 22.5 Å². The van der Waals surface area contributed by atoms with Gasteiger partial charge in [-0.3, -0.25) is 9.78 Å². The summed E-state index contributed by atoms with van der Waals surface area (Å²) in [5, 5.41) is 4.09. The summed E-state index contributed by atoms with van der Waals surface area (Å²) in [4.78, 5) is 28.0. The van der Waals surface area contributed by atoms with Crippen molar-refractivity contribution < 1.29 is 9.21 Å². The van der Waals surface area contributed by atoms with Gasteiger partial charge in [0.05, 0.1) is 12.0 Å². The van der Waals surface area contributed by atoms with Crippen LogP contribution in [0.2, 0.25) is 0 Å². The molecular weight excluding hydrogens is 378 g/mol. The van der Waals surface area contributed by atoms with Crippen LogP contribution in [-0.4, -0.2) is 40.0 Å². The van der Waals surface area contributed by atoms with Crippen molar-refractivity contribution in [2.75, 3.05) is 18.0 Å². The molecule has 30 heavy (non-hydrogen) atoms. The molecule has 1 saturated heterocycles. The van der Waals surface area contributed by atoms with E-state index in [1.807, 2.05) is 43.3 Å². The summed E-state index contributed by atoms with van der Waals surface area (Å²) >= 11 is 0. The highest BCUT2D eigenvalue weighted by atomic mass is 16.3. The number of hydrogen-bond acceptors (Lipinski definition) is 6. The molecule has 7 nitrogen and oxygen atoms in total.